The number of amides is 1. The molecule has 0 bridgehead atoms. The maximum absolute atomic E-state index is 12.2. The molecule has 3 rings (SSSR count). The second kappa shape index (κ2) is 8.85. The van der Waals surface area contributed by atoms with Gasteiger partial charge in [-0.25, -0.2) is 9.66 Å². The van der Waals surface area contributed by atoms with Crippen molar-refractivity contribution in [1.82, 2.24) is 19.9 Å². The molecular weight excluding hydrogens is 414 g/mol. The van der Waals surface area contributed by atoms with E-state index in [4.69, 9.17) is 17.4 Å². The predicted molar refractivity (Wildman–Crippen MR) is 101 cm³/mol. The van der Waals surface area contributed by atoms with E-state index >= 15 is 0 Å². The SMILES string of the molecule is Nn1c(SCC(=O)Nc2cccnc2Cl)nnc1-c1ccc(OC(F)F)cc1. The minimum absolute atomic E-state index is 0.0156. The van der Waals surface area contributed by atoms with Crippen LogP contribution >= 0.6 is 23.4 Å². The van der Waals surface area contributed by atoms with Crippen LogP contribution in [0.5, 0.6) is 5.75 Å². The number of pyridine rings is 1. The second-order valence-electron chi connectivity index (χ2n) is 5.26. The predicted octanol–water partition coefficient (Wildman–Crippen LogP) is 3.04. The largest absolute Gasteiger partial charge is 0.435 e. The van der Waals surface area contributed by atoms with Gasteiger partial charge >= 0.3 is 6.61 Å². The Balaban J connectivity index is 1.63. The highest BCUT2D eigenvalue weighted by Gasteiger charge is 2.15. The zero-order valence-electron chi connectivity index (χ0n) is 14.1. The van der Waals surface area contributed by atoms with Gasteiger partial charge in [-0.05, 0) is 36.4 Å². The molecule has 2 aromatic heterocycles. The number of aromatic nitrogens is 4. The zero-order valence-corrected chi connectivity index (χ0v) is 15.6. The third-order valence-corrected chi connectivity index (χ3v) is 4.61. The second-order valence-corrected chi connectivity index (χ2v) is 6.56. The average molecular weight is 427 g/mol. The van der Waals surface area contributed by atoms with Crippen LogP contribution in [-0.2, 0) is 4.79 Å². The van der Waals surface area contributed by atoms with E-state index in [1.165, 1.54) is 35.1 Å². The quantitative estimate of drug-likeness (QED) is 0.339. The first-order chi connectivity index (χ1) is 13.4. The summed E-state index contributed by atoms with van der Waals surface area (Å²) in [6.07, 6.45) is 1.51. The number of anilines is 1. The van der Waals surface area contributed by atoms with Crippen molar-refractivity contribution < 1.29 is 18.3 Å². The van der Waals surface area contributed by atoms with E-state index in [0.29, 0.717) is 22.2 Å². The maximum Gasteiger partial charge on any atom is 0.387 e. The summed E-state index contributed by atoms with van der Waals surface area (Å²) in [5.41, 5.74) is 0.950. The molecule has 0 aliphatic heterocycles. The number of nitrogens with one attached hydrogen (secondary N) is 1. The number of nitrogens with two attached hydrogens (primary N) is 1. The molecule has 28 heavy (non-hydrogen) atoms. The standard InChI is InChI=1S/C16H13ClF2N6O2S/c17-13-11(2-1-7-21-13)22-12(26)8-28-16-24-23-14(25(16)20)9-3-5-10(6-4-9)27-15(18)19/h1-7,15H,8,20H2,(H,22,26). The highest BCUT2D eigenvalue weighted by Crippen LogP contribution is 2.25. The maximum atomic E-state index is 12.2. The van der Waals surface area contributed by atoms with Crippen LogP contribution in [0, 0.1) is 0 Å². The van der Waals surface area contributed by atoms with Gasteiger partial charge in [-0.1, -0.05) is 23.4 Å². The number of ether oxygens (including phenoxy) is 1. The fraction of sp³-hybridized carbons (Fsp3) is 0.125. The van der Waals surface area contributed by atoms with Gasteiger partial charge in [-0.2, -0.15) is 8.78 Å². The van der Waals surface area contributed by atoms with E-state index in [1.54, 1.807) is 12.1 Å². The number of thioether (sulfide) groups is 1. The summed E-state index contributed by atoms with van der Waals surface area (Å²) in [5.74, 6) is 5.99. The van der Waals surface area contributed by atoms with Gasteiger partial charge in [0.2, 0.25) is 11.1 Å². The third kappa shape index (κ3) is 4.87. The van der Waals surface area contributed by atoms with E-state index in [-0.39, 0.29) is 22.6 Å². The molecule has 1 aromatic carbocycles. The van der Waals surface area contributed by atoms with Crippen molar-refractivity contribution in [2.75, 3.05) is 16.9 Å². The number of hydrogen-bond acceptors (Lipinski definition) is 7. The number of halogens is 3. The molecule has 0 saturated carbocycles. The lowest BCUT2D eigenvalue weighted by molar-refractivity contribution is -0.113. The Hall–Kier alpha value is -2.92. The molecule has 2 heterocycles. The average Bonchev–Trinajstić information content (AvgIpc) is 3.03. The van der Waals surface area contributed by atoms with Crippen LogP contribution < -0.4 is 15.9 Å². The van der Waals surface area contributed by atoms with E-state index in [2.05, 4.69) is 25.2 Å². The molecule has 0 aliphatic rings. The first-order valence-electron chi connectivity index (χ1n) is 7.73. The van der Waals surface area contributed by atoms with Crippen molar-refractivity contribution in [3.05, 3.63) is 47.7 Å². The van der Waals surface area contributed by atoms with E-state index in [0.717, 1.165) is 11.8 Å². The van der Waals surface area contributed by atoms with E-state index < -0.39 is 6.61 Å². The molecular formula is C16H13ClF2N6O2S. The van der Waals surface area contributed by atoms with Gasteiger partial charge < -0.3 is 15.9 Å². The molecule has 0 saturated heterocycles. The van der Waals surface area contributed by atoms with Crippen molar-refractivity contribution in [3.8, 4) is 17.1 Å². The molecule has 0 unspecified atom stereocenters. The van der Waals surface area contributed by atoms with Crippen LogP contribution in [0.4, 0.5) is 14.5 Å². The fourth-order valence-corrected chi connectivity index (χ4v) is 2.98. The number of carbonyl (C=O) groups is 1. The molecule has 146 valence electrons. The monoisotopic (exact) mass is 426 g/mol. The molecule has 1 amide bonds. The van der Waals surface area contributed by atoms with Crippen LogP contribution in [-0.4, -0.2) is 38.1 Å². The van der Waals surface area contributed by atoms with Gasteiger partial charge in [0.15, 0.2) is 11.0 Å². The Morgan fingerprint density at radius 3 is 2.71 bits per heavy atom. The third-order valence-electron chi connectivity index (χ3n) is 3.37. The molecule has 3 aromatic rings. The van der Waals surface area contributed by atoms with E-state index in [1.807, 2.05) is 0 Å². The Kier molecular flexibility index (Phi) is 6.26. The molecule has 0 radical (unpaired) electrons. The van der Waals surface area contributed by atoms with Gasteiger partial charge in [-0.15, -0.1) is 10.2 Å². The van der Waals surface area contributed by atoms with Gasteiger partial charge in [0.05, 0.1) is 11.4 Å². The van der Waals surface area contributed by atoms with Gasteiger partial charge in [0, 0.05) is 11.8 Å². The zero-order chi connectivity index (χ0) is 20.1. The smallest absolute Gasteiger partial charge is 0.387 e. The lowest BCUT2D eigenvalue weighted by atomic mass is 10.2. The van der Waals surface area contributed by atoms with Crippen LogP contribution in [0.1, 0.15) is 0 Å². The van der Waals surface area contributed by atoms with Crippen LogP contribution in [0.15, 0.2) is 47.8 Å². The molecule has 0 fully saturated rings. The van der Waals surface area contributed by atoms with Crippen molar-refractivity contribution in [1.29, 1.82) is 0 Å². The van der Waals surface area contributed by atoms with E-state index in [9.17, 15) is 13.6 Å². The lowest BCUT2D eigenvalue weighted by Gasteiger charge is -2.07. The number of alkyl halides is 2. The van der Waals surface area contributed by atoms with Crippen molar-refractivity contribution in [2.45, 2.75) is 11.8 Å². The Bertz CT molecular complexity index is 970. The Morgan fingerprint density at radius 2 is 2.04 bits per heavy atom. The summed E-state index contributed by atoms with van der Waals surface area (Å²) in [4.78, 5) is 15.9. The first-order valence-corrected chi connectivity index (χ1v) is 9.09. The summed E-state index contributed by atoms with van der Waals surface area (Å²) < 4.78 is 29.9. The summed E-state index contributed by atoms with van der Waals surface area (Å²) in [6.45, 7) is -2.90. The highest BCUT2D eigenvalue weighted by molar-refractivity contribution is 7.99. The number of nitrogens with zero attached hydrogens (tertiary/aromatic N) is 4. The number of rotatable bonds is 7. The van der Waals surface area contributed by atoms with Crippen LogP contribution in [0.2, 0.25) is 5.15 Å². The summed E-state index contributed by atoms with van der Waals surface area (Å²) >= 11 is 6.96. The van der Waals surface area contributed by atoms with Crippen molar-refractivity contribution in [2.24, 2.45) is 0 Å². The summed E-state index contributed by atoms with van der Waals surface area (Å²) in [5, 5.41) is 11.0. The number of carbonyl (C=O) groups excluding carboxylic acids is 1. The van der Waals surface area contributed by atoms with Gasteiger partial charge in [0.1, 0.15) is 5.75 Å². The van der Waals surface area contributed by atoms with Gasteiger partial charge in [0.25, 0.3) is 0 Å². The molecule has 12 heteroatoms. The topological polar surface area (TPSA) is 108 Å². The van der Waals surface area contributed by atoms with Crippen LogP contribution in [0.3, 0.4) is 0 Å². The fourth-order valence-electron chi connectivity index (χ4n) is 2.15. The molecule has 0 spiro atoms. The number of hydrogen-bond donors (Lipinski definition) is 2. The molecule has 3 N–H and O–H groups in total. The lowest BCUT2D eigenvalue weighted by Crippen LogP contribution is -2.16. The van der Waals surface area contributed by atoms with Crippen molar-refractivity contribution >= 4 is 35.0 Å². The molecule has 8 nitrogen and oxygen atoms in total. The minimum atomic E-state index is -2.90. The Labute approximate surface area is 167 Å². The molecule has 0 atom stereocenters. The van der Waals surface area contributed by atoms with Crippen molar-refractivity contribution in [3.63, 3.8) is 0 Å². The summed E-state index contributed by atoms with van der Waals surface area (Å²) in [6, 6.07) is 9.06. The van der Waals surface area contributed by atoms with Gasteiger partial charge in [-0.3, -0.25) is 4.79 Å². The summed E-state index contributed by atoms with van der Waals surface area (Å²) in [7, 11) is 0. The number of benzene rings is 1. The minimum Gasteiger partial charge on any atom is -0.435 e. The molecule has 0 aliphatic carbocycles. The first kappa shape index (κ1) is 19.8. The Morgan fingerprint density at radius 1 is 1.29 bits per heavy atom. The van der Waals surface area contributed by atoms with Crippen LogP contribution in [0.25, 0.3) is 11.4 Å². The number of nitrogen functional groups attached to an aromatic ring is 1. The highest BCUT2D eigenvalue weighted by atomic mass is 35.5. The normalized spacial score (nSPS) is 10.9.